The van der Waals surface area contributed by atoms with Gasteiger partial charge < -0.3 is 10.1 Å². The van der Waals surface area contributed by atoms with Crippen molar-refractivity contribution in [3.63, 3.8) is 0 Å². The zero-order chi connectivity index (χ0) is 19.9. The maximum Gasteiger partial charge on any atom is 0.249 e. The molecule has 9 heteroatoms. The zero-order valence-corrected chi connectivity index (χ0v) is 15.3. The number of carbonyl (C=O) groups is 2. The van der Waals surface area contributed by atoms with Gasteiger partial charge in [0.25, 0.3) is 0 Å². The fraction of sp³-hybridized carbons (Fsp3) is 0.263. The number of anilines is 1. The molecule has 0 saturated carbocycles. The molecule has 0 aliphatic rings. The quantitative estimate of drug-likeness (QED) is 0.592. The van der Waals surface area contributed by atoms with Crippen molar-refractivity contribution in [3.8, 4) is 0 Å². The third kappa shape index (κ3) is 4.49. The van der Waals surface area contributed by atoms with Gasteiger partial charge in [0.15, 0.2) is 0 Å². The smallest absolute Gasteiger partial charge is 0.249 e. The molecule has 0 aliphatic heterocycles. The Hall–Kier alpha value is -3.33. The Labute approximate surface area is 160 Å². The van der Waals surface area contributed by atoms with Crippen LogP contribution in [0.4, 0.5) is 10.1 Å². The monoisotopic (exact) mass is 385 g/mol. The van der Waals surface area contributed by atoms with E-state index in [1.54, 1.807) is 18.2 Å². The molecule has 3 aromatic rings. The summed E-state index contributed by atoms with van der Waals surface area (Å²) in [6.07, 6.45) is 0. The first-order valence-electron chi connectivity index (χ1n) is 8.69. The molecule has 3 rings (SSSR count). The maximum atomic E-state index is 14.3. The molecule has 2 amide bonds. The molecule has 2 aromatic carbocycles. The molecular formula is C19H20FN5O3. The molecule has 8 nitrogen and oxygen atoms in total. The minimum absolute atomic E-state index is 0.0267. The Bertz CT molecular complexity index is 975. The summed E-state index contributed by atoms with van der Waals surface area (Å²) in [6, 6.07) is 13.0. The van der Waals surface area contributed by atoms with E-state index in [0.29, 0.717) is 24.2 Å². The van der Waals surface area contributed by atoms with Crippen molar-refractivity contribution in [2.75, 3.05) is 31.7 Å². The SMILES string of the molecule is COCCNC(=O)CN(C(=O)Cn1nnc2ccccc21)c1ccccc1F. The van der Waals surface area contributed by atoms with E-state index in [-0.39, 0.29) is 18.8 Å². The first-order valence-corrected chi connectivity index (χ1v) is 8.69. The highest BCUT2D eigenvalue weighted by atomic mass is 19.1. The van der Waals surface area contributed by atoms with Crippen molar-refractivity contribution in [1.82, 2.24) is 20.3 Å². The van der Waals surface area contributed by atoms with Crippen LogP contribution in [0.5, 0.6) is 0 Å². The van der Waals surface area contributed by atoms with Crippen LogP contribution < -0.4 is 10.2 Å². The third-order valence-corrected chi connectivity index (χ3v) is 4.08. The number of ether oxygens (including phenoxy) is 1. The lowest BCUT2D eigenvalue weighted by atomic mass is 10.2. The molecule has 0 bridgehead atoms. The Balaban J connectivity index is 1.82. The van der Waals surface area contributed by atoms with E-state index in [0.717, 1.165) is 4.90 Å². The highest BCUT2D eigenvalue weighted by Gasteiger charge is 2.23. The molecule has 1 aromatic heterocycles. The van der Waals surface area contributed by atoms with Crippen molar-refractivity contribution < 1.29 is 18.7 Å². The number of benzene rings is 2. The van der Waals surface area contributed by atoms with Crippen LogP contribution in [0, 0.1) is 5.82 Å². The summed E-state index contributed by atoms with van der Waals surface area (Å²) >= 11 is 0. The van der Waals surface area contributed by atoms with Crippen LogP contribution in [0.15, 0.2) is 48.5 Å². The number of hydrogen-bond donors (Lipinski definition) is 1. The van der Waals surface area contributed by atoms with Gasteiger partial charge in [0.05, 0.1) is 17.8 Å². The number of fused-ring (bicyclic) bond motifs is 1. The maximum absolute atomic E-state index is 14.3. The predicted octanol–water partition coefficient (Wildman–Crippen LogP) is 1.37. The van der Waals surface area contributed by atoms with Crippen LogP contribution >= 0.6 is 0 Å². The second-order valence-electron chi connectivity index (χ2n) is 6.01. The van der Waals surface area contributed by atoms with Gasteiger partial charge >= 0.3 is 0 Å². The van der Waals surface area contributed by atoms with Gasteiger partial charge in [-0.1, -0.05) is 29.5 Å². The highest BCUT2D eigenvalue weighted by Crippen LogP contribution is 2.19. The number of para-hydroxylation sites is 2. The van der Waals surface area contributed by atoms with Crippen molar-refractivity contribution in [2.24, 2.45) is 0 Å². The Morgan fingerprint density at radius 1 is 1.18 bits per heavy atom. The number of aromatic nitrogens is 3. The summed E-state index contributed by atoms with van der Waals surface area (Å²) in [7, 11) is 1.52. The molecule has 0 unspecified atom stereocenters. The van der Waals surface area contributed by atoms with E-state index in [4.69, 9.17) is 4.74 Å². The fourth-order valence-electron chi connectivity index (χ4n) is 2.72. The number of carbonyl (C=O) groups excluding carboxylic acids is 2. The van der Waals surface area contributed by atoms with E-state index in [1.807, 2.05) is 12.1 Å². The molecule has 0 saturated heterocycles. The van der Waals surface area contributed by atoms with Crippen LogP contribution in [-0.2, 0) is 20.9 Å². The lowest BCUT2D eigenvalue weighted by molar-refractivity contribution is -0.124. The number of halogens is 1. The lowest BCUT2D eigenvalue weighted by Gasteiger charge is -2.23. The highest BCUT2D eigenvalue weighted by molar-refractivity contribution is 5.99. The number of rotatable bonds is 8. The third-order valence-electron chi connectivity index (χ3n) is 4.08. The van der Waals surface area contributed by atoms with Crippen LogP contribution in [0.1, 0.15) is 0 Å². The topological polar surface area (TPSA) is 89.4 Å². The zero-order valence-electron chi connectivity index (χ0n) is 15.3. The van der Waals surface area contributed by atoms with Gasteiger partial charge in [-0.05, 0) is 24.3 Å². The summed E-state index contributed by atoms with van der Waals surface area (Å²) in [6.45, 7) is 0.128. The number of amides is 2. The average molecular weight is 385 g/mol. The van der Waals surface area contributed by atoms with Gasteiger partial charge in [0, 0.05) is 13.7 Å². The van der Waals surface area contributed by atoms with Crippen molar-refractivity contribution in [2.45, 2.75) is 6.54 Å². The van der Waals surface area contributed by atoms with E-state index in [9.17, 15) is 14.0 Å². The normalized spacial score (nSPS) is 10.8. The van der Waals surface area contributed by atoms with Crippen LogP contribution in [0.2, 0.25) is 0 Å². The standard InChI is InChI=1S/C19H20FN5O3/c1-28-11-10-21-18(26)12-24(16-8-4-2-6-14(16)20)19(27)13-25-17-9-5-3-7-15(17)22-23-25/h2-9H,10-13H2,1H3,(H,21,26). The number of methoxy groups -OCH3 is 1. The molecule has 1 heterocycles. The number of nitrogens with one attached hydrogen (secondary N) is 1. The first-order chi connectivity index (χ1) is 13.6. The average Bonchev–Trinajstić information content (AvgIpc) is 3.10. The van der Waals surface area contributed by atoms with Gasteiger partial charge in [-0.3, -0.25) is 14.5 Å². The molecule has 28 heavy (non-hydrogen) atoms. The Morgan fingerprint density at radius 3 is 2.71 bits per heavy atom. The second-order valence-corrected chi connectivity index (χ2v) is 6.01. The fourth-order valence-corrected chi connectivity index (χ4v) is 2.72. The largest absolute Gasteiger partial charge is 0.383 e. The molecule has 0 fully saturated rings. The summed E-state index contributed by atoms with van der Waals surface area (Å²) in [4.78, 5) is 26.3. The lowest BCUT2D eigenvalue weighted by Crippen LogP contribution is -2.43. The molecular weight excluding hydrogens is 365 g/mol. The van der Waals surface area contributed by atoms with E-state index >= 15 is 0 Å². The molecule has 0 spiro atoms. The van der Waals surface area contributed by atoms with Crippen LogP contribution in [0.3, 0.4) is 0 Å². The molecule has 0 aliphatic carbocycles. The Morgan fingerprint density at radius 2 is 1.93 bits per heavy atom. The number of nitrogens with zero attached hydrogens (tertiary/aromatic N) is 4. The van der Waals surface area contributed by atoms with Crippen molar-refractivity contribution in [3.05, 3.63) is 54.3 Å². The van der Waals surface area contributed by atoms with Crippen LogP contribution in [-0.4, -0.2) is 53.6 Å². The minimum Gasteiger partial charge on any atom is -0.383 e. The van der Waals surface area contributed by atoms with E-state index < -0.39 is 17.6 Å². The molecule has 0 radical (unpaired) electrons. The molecule has 146 valence electrons. The summed E-state index contributed by atoms with van der Waals surface area (Å²) in [5.41, 5.74) is 1.35. The van der Waals surface area contributed by atoms with Gasteiger partial charge in [0.1, 0.15) is 24.4 Å². The van der Waals surface area contributed by atoms with Gasteiger partial charge in [-0.2, -0.15) is 0 Å². The van der Waals surface area contributed by atoms with Gasteiger partial charge in [0.2, 0.25) is 11.8 Å². The second kappa shape index (κ2) is 9.05. The summed E-state index contributed by atoms with van der Waals surface area (Å²) in [5.74, 6) is -1.50. The number of hydrogen-bond acceptors (Lipinski definition) is 5. The summed E-state index contributed by atoms with van der Waals surface area (Å²) in [5, 5.41) is 10.6. The van der Waals surface area contributed by atoms with Gasteiger partial charge in [-0.25, -0.2) is 9.07 Å². The van der Waals surface area contributed by atoms with E-state index in [2.05, 4.69) is 15.6 Å². The van der Waals surface area contributed by atoms with E-state index in [1.165, 1.54) is 30.0 Å². The van der Waals surface area contributed by atoms with Crippen molar-refractivity contribution >= 4 is 28.5 Å². The van der Waals surface area contributed by atoms with Crippen LogP contribution in [0.25, 0.3) is 11.0 Å². The first kappa shape index (κ1) is 19.4. The molecule has 0 atom stereocenters. The summed E-state index contributed by atoms with van der Waals surface area (Å²) < 4.78 is 20.6. The Kier molecular flexibility index (Phi) is 6.28. The van der Waals surface area contributed by atoms with Crippen molar-refractivity contribution in [1.29, 1.82) is 0 Å². The molecule has 1 N–H and O–H groups in total. The van der Waals surface area contributed by atoms with Gasteiger partial charge in [-0.15, -0.1) is 5.10 Å². The minimum atomic E-state index is -0.594. The predicted molar refractivity (Wildman–Crippen MR) is 101 cm³/mol.